The third-order valence-electron chi connectivity index (χ3n) is 3.76. The van der Waals surface area contributed by atoms with Crippen molar-refractivity contribution in [2.75, 3.05) is 5.32 Å². The first kappa shape index (κ1) is 13.6. The van der Waals surface area contributed by atoms with E-state index in [1.807, 2.05) is 0 Å². The number of carboxylic acids is 1. The highest BCUT2D eigenvalue weighted by molar-refractivity contribution is 5.82. The molecule has 6 heteroatoms. The fourth-order valence-electron chi connectivity index (χ4n) is 2.54. The average Bonchev–Trinajstić information content (AvgIpc) is 2.31. The van der Waals surface area contributed by atoms with Crippen LogP contribution in [0, 0.1) is 12.8 Å². The molecule has 0 unspecified atom stereocenters. The molecule has 1 saturated carbocycles. The van der Waals surface area contributed by atoms with Crippen LogP contribution in [-0.2, 0) is 4.79 Å². The van der Waals surface area contributed by atoms with Crippen LogP contribution in [0.5, 0.6) is 0 Å². The lowest BCUT2D eigenvalue weighted by Crippen LogP contribution is -2.49. The molecule has 1 heterocycles. The summed E-state index contributed by atoms with van der Waals surface area (Å²) in [6.07, 6.45) is 2.83. The molecule has 0 spiro atoms. The molecule has 0 saturated heterocycles. The second kappa shape index (κ2) is 5.03. The predicted octanol–water partition coefficient (Wildman–Crippen LogP) is 1.52. The third kappa shape index (κ3) is 2.94. The summed E-state index contributed by atoms with van der Waals surface area (Å²) in [5, 5.41) is 12.5. The molecule has 2 rings (SSSR count). The van der Waals surface area contributed by atoms with E-state index in [1.165, 1.54) is 6.07 Å². The Morgan fingerprint density at radius 1 is 1.53 bits per heavy atom. The molecule has 6 nitrogen and oxygen atoms in total. The maximum atomic E-state index is 11.6. The summed E-state index contributed by atoms with van der Waals surface area (Å²) < 4.78 is 0. The monoisotopic (exact) mass is 265 g/mol. The van der Waals surface area contributed by atoms with Crippen LogP contribution in [0.15, 0.2) is 10.9 Å². The number of nitrogens with one attached hydrogen (secondary N) is 2. The summed E-state index contributed by atoms with van der Waals surface area (Å²) in [6.45, 7) is 3.80. The maximum Gasteiger partial charge on any atom is 0.329 e. The number of aromatic nitrogens is 2. The molecule has 104 valence electrons. The van der Waals surface area contributed by atoms with Gasteiger partial charge < -0.3 is 15.4 Å². The standard InChI is InChI=1S/C13H19N3O3/c1-8-3-5-13(6-4-8,12(18)19)16-10-7-11(17)15-9(2)14-10/h7-8H,3-6H2,1-2H3,(H,18,19)(H2,14,15,16,17). The van der Waals surface area contributed by atoms with Gasteiger partial charge >= 0.3 is 5.97 Å². The van der Waals surface area contributed by atoms with Crippen LogP contribution in [0.25, 0.3) is 0 Å². The lowest BCUT2D eigenvalue weighted by Gasteiger charge is -2.36. The summed E-state index contributed by atoms with van der Waals surface area (Å²) in [6, 6.07) is 1.30. The summed E-state index contributed by atoms with van der Waals surface area (Å²) in [5.41, 5.74) is -1.28. The van der Waals surface area contributed by atoms with Gasteiger partial charge in [0.15, 0.2) is 0 Å². The van der Waals surface area contributed by atoms with Crippen LogP contribution in [0.4, 0.5) is 5.82 Å². The second-order valence-electron chi connectivity index (χ2n) is 5.41. The molecule has 3 N–H and O–H groups in total. The van der Waals surface area contributed by atoms with Crippen molar-refractivity contribution in [2.45, 2.75) is 45.1 Å². The summed E-state index contributed by atoms with van der Waals surface area (Å²) in [4.78, 5) is 29.7. The van der Waals surface area contributed by atoms with Gasteiger partial charge in [0.05, 0.1) is 0 Å². The first-order valence-electron chi connectivity index (χ1n) is 6.51. The molecule has 0 amide bonds. The van der Waals surface area contributed by atoms with Gasteiger partial charge in [-0.3, -0.25) is 4.79 Å². The van der Waals surface area contributed by atoms with Crippen LogP contribution in [0.1, 0.15) is 38.4 Å². The Labute approximate surface area is 111 Å². The molecule has 0 atom stereocenters. The first-order chi connectivity index (χ1) is 8.91. The molecule has 1 fully saturated rings. The quantitative estimate of drug-likeness (QED) is 0.770. The molecule has 1 aromatic rings. The van der Waals surface area contributed by atoms with Crippen molar-refractivity contribution >= 4 is 11.8 Å². The Morgan fingerprint density at radius 3 is 2.68 bits per heavy atom. The number of hydrogen-bond donors (Lipinski definition) is 3. The average molecular weight is 265 g/mol. The smallest absolute Gasteiger partial charge is 0.329 e. The number of carboxylic acid groups (broad SMARTS) is 1. The van der Waals surface area contributed by atoms with Crippen molar-refractivity contribution in [1.82, 2.24) is 9.97 Å². The van der Waals surface area contributed by atoms with Crippen LogP contribution in [0.2, 0.25) is 0 Å². The van der Waals surface area contributed by atoms with Gasteiger partial charge in [0, 0.05) is 6.07 Å². The van der Waals surface area contributed by atoms with Gasteiger partial charge in [-0.15, -0.1) is 0 Å². The van der Waals surface area contributed by atoms with Crippen LogP contribution in [0.3, 0.4) is 0 Å². The number of anilines is 1. The number of carbonyl (C=O) groups is 1. The molecule has 0 radical (unpaired) electrons. The SMILES string of the molecule is Cc1nc(NC2(C(=O)O)CCC(C)CC2)cc(=O)[nH]1. The zero-order chi connectivity index (χ0) is 14.0. The van der Waals surface area contributed by atoms with Crippen molar-refractivity contribution in [2.24, 2.45) is 5.92 Å². The highest BCUT2D eigenvalue weighted by Gasteiger charge is 2.41. The van der Waals surface area contributed by atoms with Gasteiger partial charge in [0.25, 0.3) is 5.56 Å². The van der Waals surface area contributed by atoms with E-state index < -0.39 is 11.5 Å². The zero-order valence-electron chi connectivity index (χ0n) is 11.2. The highest BCUT2D eigenvalue weighted by atomic mass is 16.4. The van der Waals surface area contributed by atoms with Gasteiger partial charge in [-0.2, -0.15) is 0 Å². The fourth-order valence-corrected chi connectivity index (χ4v) is 2.54. The zero-order valence-corrected chi connectivity index (χ0v) is 11.2. The molecule has 0 aromatic carbocycles. The predicted molar refractivity (Wildman–Crippen MR) is 71.2 cm³/mol. The molecule has 1 aromatic heterocycles. The van der Waals surface area contributed by atoms with Crippen LogP contribution >= 0.6 is 0 Å². The largest absolute Gasteiger partial charge is 0.480 e. The highest BCUT2D eigenvalue weighted by Crippen LogP contribution is 2.34. The number of H-pyrrole nitrogens is 1. The maximum absolute atomic E-state index is 11.6. The molecule has 0 aliphatic heterocycles. The van der Waals surface area contributed by atoms with E-state index in [4.69, 9.17) is 0 Å². The van der Waals surface area contributed by atoms with Gasteiger partial charge in [0.1, 0.15) is 17.2 Å². The van der Waals surface area contributed by atoms with Gasteiger partial charge in [0.2, 0.25) is 0 Å². The fraction of sp³-hybridized carbons (Fsp3) is 0.615. The van der Waals surface area contributed by atoms with Gasteiger partial charge in [-0.1, -0.05) is 6.92 Å². The van der Waals surface area contributed by atoms with Gasteiger partial charge in [-0.05, 0) is 38.5 Å². The molecular weight excluding hydrogens is 246 g/mol. The Morgan fingerprint density at radius 2 is 2.16 bits per heavy atom. The minimum atomic E-state index is -1.00. The lowest BCUT2D eigenvalue weighted by molar-refractivity contribution is -0.143. The normalized spacial score (nSPS) is 26.9. The van der Waals surface area contributed by atoms with Crippen molar-refractivity contribution in [3.8, 4) is 0 Å². The molecule has 0 bridgehead atoms. The van der Waals surface area contributed by atoms with Crippen molar-refractivity contribution < 1.29 is 9.90 Å². The number of nitrogens with zero attached hydrogens (tertiary/aromatic N) is 1. The Hall–Kier alpha value is -1.85. The first-order valence-corrected chi connectivity index (χ1v) is 6.51. The summed E-state index contributed by atoms with van der Waals surface area (Å²) >= 11 is 0. The number of aromatic amines is 1. The van der Waals surface area contributed by atoms with E-state index in [1.54, 1.807) is 6.92 Å². The topological polar surface area (TPSA) is 95.1 Å². The van der Waals surface area contributed by atoms with E-state index in [9.17, 15) is 14.7 Å². The van der Waals surface area contributed by atoms with Crippen LogP contribution in [-0.4, -0.2) is 26.6 Å². The van der Waals surface area contributed by atoms with Crippen LogP contribution < -0.4 is 10.9 Å². The van der Waals surface area contributed by atoms with E-state index in [2.05, 4.69) is 22.2 Å². The van der Waals surface area contributed by atoms with Crippen molar-refractivity contribution in [1.29, 1.82) is 0 Å². The number of hydrogen-bond acceptors (Lipinski definition) is 4. The minimum Gasteiger partial charge on any atom is -0.480 e. The Bertz CT molecular complexity index is 530. The van der Waals surface area contributed by atoms with Gasteiger partial charge in [-0.25, -0.2) is 9.78 Å². The molecule has 1 aliphatic carbocycles. The van der Waals surface area contributed by atoms with E-state index in [-0.39, 0.29) is 5.56 Å². The van der Waals surface area contributed by atoms with Crippen molar-refractivity contribution in [3.63, 3.8) is 0 Å². The Balaban J connectivity index is 2.26. The number of aliphatic carboxylic acids is 1. The molecular formula is C13H19N3O3. The summed E-state index contributed by atoms with van der Waals surface area (Å²) in [5.74, 6) is 0.472. The van der Waals surface area contributed by atoms with Crippen molar-refractivity contribution in [3.05, 3.63) is 22.2 Å². The second-order valence-corrected chi connectivity index (χ2v) is 5.41. The number of aryl methyl sites for hydroxylation is 1. The van der Waals surface area contributed by atoms with E-state index >= 15 is 0 Å². The number of rotatable bonds is 3. The molecule has 1 aliphatic rings. The Kier molecular flexibility index (Phi) is 3.59. The van der Waals surface area contributed by atoms with E-state index in [0.29, 0.717) is 30.4 Å². The minimum absolute atomic E-state index is 0.278. The van der Waals surface area contributed by atoms with E-state index in [0.717, 1.165) is 12.8 Å². The third-order valence-corrected chi connectivity index (χ3v) is 3.76. The molecule has 19 heavy (non-hydrogen) atoms. The summed E-state index contributed by atoms with van der Waals surface area (Å²) in [7, 11) is 0. The lowest BCUT2D eigenvalue weighted by atomic mass is 9.77.